The highest BCUT2D eigenvalue weighted by Crippen LogP contribution is 2.24. The van der Waals surface area contributed by atoms with Crippen LogP contribution in [0.3, 0.4) is 0 Å². The summed E-state index contributed by atoms with van der Waals surface area (Å²) >= 11 is 6.05. The molecule has 142 valence electrons. The predicted molar refractivity (Wildman–Crippen MR) is 112 cm³/mol. The molecule has 0 unspecified atom stereocenters. The van der Waals surface area contributed by atoms with E-state index in [4.69, 9.17) is 11.6 Å². The molecular weight excluding hydrogens is 376 g/mol. The van der Waals surface area contributed by atoms with E-state index in [2.05, 4.69) is 20.9 Å². The summed E-state index contributed by atoms with van der Waals surface area (Å²) in [7, 11) is 0. The first kappa shape index (κ1) is 19.4. The van der Waals surface area contributed by atoms with Gasteiger partial charge in [-0.1, -0.05) is 17.7 Å². The summed E-state index contributed by atoms with van der Waals surface area (Å²) in [5.41, 5.74) is 4.24. The van der Waals surface area contributed by atoms with Crippen LogP contribution in [-0.4, -0.2) is 16.8 Å². The van der Waals surface area contributed by atoms with Crippen molar-refractivity contribution in [3.05, 3.63) is 77.1 Å². The van der Waals surface area contributed by atoms with Crippen molar-refractivity contribution >= 4 is 46.2 Å². The molecule has 0 fully saturated rings. The van der Waals surface area contributed by atoms with E-state index in [9.17, 15) is 9.59 Å². The first-order valence-electron chi connectivity index (χ1n) is 8.58. The minimum atomic E-state index is -0.286. The molecule has 3 aromatic rings. The maximum absolute atomic E-state index is 12.5. The highest BCUT2D eigenvalue weighted by atomic mass is 35.5. The van der Waals surface area contributed by atoms with E-state index >= 15 is 0 Å². The molecule has 28 heavy (non-hydrogen) atoms. The number of carbonyl (C=O) groups is 2. The first-order valence-corrected chi connectivity index (χ1v) is 8.96. The lowest BCUT2D eigenvalue weighted by atomic mass is 10.2. The molecular formula is C21H19ClN4O2. The molecule has 0 saturated heterocycles. The first-order chi connectivity index (χ1) is 13.4. The van der Waals surface area contributed by atoms with Crippen molar-refractivity contribution in [3.63, 3.8) is 0 Å². The summed E-state index contributed by atoms with van der Waals surface area (Å²) < 4.78 is 0. The molecule has 3 N–H and O–H groups in total. The third-order valence-electron chi connectivity index (χ3n) is 3.94. The van der Waals surface area contributed by atoms with Crippen molar-refractivity contribution in [3.8, 4) is 0 Å². The Bertz CT molecular complexity index is 1020. The number of aromatic nitrogens is 1. The van der Waals surface area contributed by atoms with Gasteiger partial charge in [-0.25, -0.2) is 0 Å². The van der Waals surface area contributed by atoms with Crippen LogP contribution in [0.1, 0.15) is 22.8 Å². The van der Waals surface area contributed by atoms with E-state index in [1.54, 1.807) is 36.5 Å². The van der Waals surface area contributed by atoms with Gasteiger partial charge < -0.3 is 16.0 Å². The Balaban J connectivity index is 1.71. The fraction of sp³-hybridized carbons (Fsp3) is 0.0952. The van der Waals surface area contributed by atoms with E-state index in [0.29, 0.717) is 27.6 Å². The molecule has 0 spiro atoms. The lowest BCUT2D eigenvalue weighted by Gasteiger charge is -2.11. The predicted octanol–water partition coefficient (Wildman–Crippen LogP) is 5.00. The van der Waals surface area contributed by atoms with E-state index in [-0.39, 0.29) is 11.8 Å². The van der Waals surface area contributed by atoms with Gasteiger partial charge in [-0.05, 0) is 55.0 Å². The molecule has 2 amide bonds. The number of benzene rings is 2. The van der Waals surface area contributed by atoms with E-state index < -0.39 is 0 Å². The van der Waals surface area contributed by atoms with Crippen molar-refractivity contribution < 1.29 is 9.59 Å². The van der Waals surface area contributed by atoms with Gasteiger partial charge in [-0.3, -0.25) is 14.6 Å². The third-order valence-corrected chi connectivity index (χ3v) is 4.18. The molecule has 3 rings (SSSR count). The summed E-state index contributed by atoms with van der Waals surface area (Å²) in [4.78, 5) is 27.7. The SMILES string of the molecule is CC(=O)Nc1ccc(NC(=O)c2cncc(Nc3cc(Cl)ccc3C)c2)cc1. The van der Waals surface area contributed by atoms with Gasteiger partial charge in [0.05, 0.1) is 17.4 Å². The molecule has 0 aliphatic heterocycles. The number of nitrogens with one attached hydrogen (secondary N) is 3. The van der Waals surface area contributed by atoms with Crippen molar-refractivity contribution in [1.29, 1.82) is 0 Å². The smallest absolute Gasteiger partial charge is 0.257 e. The zero-order valence-electron chi connectivity index (χ0n) is 15.4. The molecule has 0 bridgehead atoms. The standard InChI is InChI=1S/C21H19ClN4O2/c1-13-3-4-16(22)10-20(13)25-19-9-15(11-23-12-19)21(28)26-18-7-5-17(6-8-18)24-14(2)27/h3-12,25H,1-2H3,(H,24,27)(H,26,28). The Labute approximate surface area is 168 Å². The molecule has 0 atom stereocenters. The molecule has 0 radical (unpaired) electrons. The Kier molecular flexibility index (Phi) is 5.91. The summed E-state index contributed by atoms with van der Waals surface area (Å²) in [6.07, 6.45) is 3.14. The maximum atomic E-state index is 12.5. The van der Waals surface area contributed by atoms with Crippen LogP contribution in [-0.2, 0) is 4.79 Å². The Hall–Kier alpha value is -3.38. The molecule has 1 aromatic heterocycles. The summed E-state index contributed by atoms with van der Waals surface area (Å²) in [5.74, 6) is -0.437. The van der Waals surface area contributed by atoms with Crippen LogP contribution < -0.4 is 16.0 Å². The Morgan fingerprint density at radius 3 is 2.25 bits per heavy atom. The number of carbonyl (C=O) groups excluding carboxylic acids is 2. The van der Waals surface area contributed by atoms with Crippen LogP contribution in [0.5, 0.6) is 0 Å². The van der Waals surface area contributed by atoms with E-state index in [1.165, 1.54) is 13.1 Å². The number of amides is 2. The largest absolute Gasteiger partial charge is 0.354 e. The topological polar surface area (TPSA) is 83.1 Å². The molecule has 6 nitrogen and oxygen atoms in total. The van der Waals surface area contributed by atoms with Gasteiger partial charge >= 0.3 is 0 Å². The van der Waals surface area contributed by atoms with E-state index in [0.717, 1.165) is 11.3 Å². The minimum absolute atomic E-state index is 0.151. The van der Waals surface area contributed by atoms with Crippen LogP contribution in [0.2, 0.25) is 5.02 Å². The van der Waals surface area contributed by atoms with Gasteiger partial charge in [0.15, 0.2) is 0 Å². The van der Waals surface area contributed by atoms with Crippen molar-refractivity contribution in [2.24, 2.45) is 0 Å². The monoisotopic (exact) mass is 394 g/mol. The lowest BCUT2D eigenvalue weighted by Crippen LogP contribution is -2.12. The molecule has 0 saturated carbocycles. The number of hydrogen-bond acceptors (Lipinski definition) is 4. The highest BCUT2D eigenvalue weighted by molar-refractivity contribution is 6.30. The zero-order chi connectivity index (χ0) is 20.1. The van der Waals surface area contributed by atoms with Gasteiger partial charge in [0.25, 0.3) is 5.91 Å². The Morgan fingerprint density at radius 1 is 0.893 bits per heavy atom. The molecule has 0 aliphatic carbocycles. The number of rotatable bonds is 5. The number of nitrogens with zero attached hydrogens (tertiary/aromatic N) is 1. The minimum Gasteiger partial charge on any atom is -0.354 e. The van der Waals surface area contributed by atoms with Gasteiger partial charge in [-0.2, -0.15) is 0 Å². The van der Waals surface area contributed by atoms with E-state index in [1.807, 2.05) is 25.1 Å². The number of halogens is 1. The second kappa shape index (κ2) is 8.54. The second-order valence-electron chi connectivity index (χ2n) is 6.26. The molecule has 0 aliphatic rings. The van der Waals surface area contributed by atoms with Crippen LogP contribution in [0, 0.1) is 6.92 Å². The normalized spacial score (nSPS) is 10.2. The highest BCUT2D eigenvalue weighted by Gasteiger charge is 2.09. The Morgan fingerprint density at radius 2 is 1.57 bits per heavy atom. The third kappa shape index (κ3) is 5.08. The van der Waals surface area contributed by atoms with Crippen molar-refractivity contribution in [1.82, 2.24) is 4.98 Å². The average molecular weight is 395 g/mol. The number of pyridine rings is 1. The number of aryl methyl sites for hydroxylation is 1. The molecule has 1 heterocycles. The fourth-order valence-electron chi connectivity index (χ4n) is 2.56. The van der Waals surface area contributed by atoms with Crippen molar-refractivity contribution in [2.45, 2.75) is 13.8 Å². The zero-order valence-corrected chi connectivity index (χ0v) is 16.2. The number of hydrogen-bond donors (Lipinski definition) is 3. The summed E-state index contributed by atoms with van der Waals surface area (Å²) in [6, 6.07) is 14.1. The number of anilines is 4. The van der Waals surface area contributed by atoms with Crippen molar-refractivity contribution in [2.75, 3.05) is 16.0 Å². The molecule has 7 heteroatoms. The summed E-state index contributed by atoms with van der Waals surface area (Å²) in [6.45, 7) is 3.40. The van der Waals surface area contributed by atoms with Gasteiger partial charge in [0.1, 0.15) is 0 Å². The lowest BCUT2D eigenvalue weighted by molar-refractivity contribution is -0.114. The van der Waals surface area contributed by atoms with Crippen LogP contribution in [0.15, 0.2) is 60.9 Å². The molecule has 2 aromatic carbocycles. The van der Waals surface area contributed by atoms with Gasteiger partial charge in [0.2, 0.25) is 5.91 Å². The van der Waals surface area contributed by atoms with Crippen LogP contribution >= 0.6 is 11.6 Å². The maximum Gasteiger partial charge on any atom is 0.257 e. The van der Waals surface area contributed by atoms with Gasteiger partial charge in [0, 0.05) is 35.2 Å². The average Bonchev–Trinajstić information content (AvgIpc) is 2.66. The second-order valence-corrected chi connectivity index (χ2v) is 6.70. The fourth-order valence-corrected chi connectivity index (χ4v) is 2.73. The van der Waals surface area contributed by atoms with Crippen LogP contribution in [0.25, 0.3) is 0 Å². The quantitative estimate of drug-likeness (QED) is 0.568. The van der Waals surface area contributed by atoms with Crippen LogP contribution in [0.4, 0.5) is 22.7 Å². The van der Waals surface area contributed by atoms with Gasteiger partial charge in [-0.15, -0.1) is 0 Å². The summed E-state index contributed by atoms with van der Waals surface area (Å²) in [5, 5.41) is 9.34.